The molecule has 0 fully saturated rings. The lowest BCUT2D eigenvalue weighted by Gasteiger charge is -2.18. The fourth-order valence-corrected chi connectivity index (χ4v) is 3.17. The molecule has 30 heavy (non-hydrogen) atoms. The van der Waals surface area contributed by atoms with Crippen LogP contribution in [0, 0.1) is 0 Å². The molecule has 2 aromatic rings. The summed E-state index contributed by atoms with van der Waals surface area (Å²) in [5, 5.41) is 3.27. The Hall–Kier alpha value is -3.36. The van der Waals surface area contributed by atoms with E-state index in [1.807, 2.05) is 24.3 Å². The van der Waals surface area contributed by atoms with Crippen molar-refractivity contribution in [3.05, 3.63) is 35.4 Å². The Balaban J connectivity index is 1.64. The van der Waals surface area contributed by atoms with Crippen molar-refractivity contribution >= 4 is 29.2 Å². The molecule has 0 atom stereocenters. The second-order valence-corrected chi connectivity index (χ2v) is 7.00. The highest BCUT2D eigenvalue weighted by Gasteiger charge is 2.31. The molecule has 1 amide bonds. The minimum atomic E-state index is -0.291. The van der Waals surface area contributed by atoms with Gasteiger partial charge in [-0.2, -0.15) is 9.97 Å². The van der Waals surface area contributed by atoms with Crippen LogP contribution in [-0.4, -0.2) is 48.7 Å². The van der Waals surface area contributed by atoms with Gasteiger partial charge in [0, 0.05) is 24.3 Å². The van der Waals surface area contributed by atoms with Gasteiger partial charge in [0.1, 0.15) is 11.6 Å². The molecule has 3 rings (SSSR count). The summed E-state index contributed by atoms with van der Waals surface area (Å²) in [5.41, 5.74) is 8.37. The summed E-state index contributed by atoms with van der Waals surface area (Å²) in [6.45, 7) is 3.49. The first-order valence-corrected chi connectivity index (χ1v) is 10.0. The molecule has 3 N–H and O–H groups in total. The molecule has 0 bridgehead atoms. The van der Waals surface area contributed by atoms with Gasteiger partial charge in [-0.3, -0.25) is 14.5 Å². The van der Waals surface area contributed by atoms with Crippen LogP contribution in [0.3, 0.4) is 0 Å². The van der Waals surface area contributed by atoms with Gasteiger partial charge in [-0.25, -0.2) is 0 Å². The van der Waals surface area contributed by atoms with Gasteiger partial charge in [0.25, 0.3) is 0 Å². The van der Waals surface area contributed by atoms with E-state index in [4.69, 9.17) is 15.2 Å². The third-order valence-electron chi connectivity index (χ3n) is 4.78. The van der Waals surface area contributed by atoms with Gasteiger partial charge in [0.05, 0.1) is 26.6 Å². The van der Waals surface area contributed by atoms with Crippen LogP contribution in [0.1, 0.15) is 30.9 Å². The first-order valence-electron chi connectivity index (χ1n) is 10.0. The van der Waals surface area contributed by atoms with E-state index in [1.54, 1.807) is 4.90 Å². The predicted octanol–water partition coefficient (Wildman–Crippen LogP) is 1.95. The van der Waals surface area contributed by atoms with E-state index in [0.29, 0.717) is 31.1 Å². The number of aromatic nitrogens is 2. The Morgan fingerprint density at radius 2 is 2.17 bits per heavy atom. The van der Waals surface area contributed by atoms with Gasteiger partial charge in [-0.15, -0.1) is 0 Å². The van der Waals surface area contributed by atoms with Gasteiger partial charge >= 0.3 is 12.0 Å². The number of amides is 1. The summed E-state index contributed by atoms with van der Waals surface area (Å²) in [4.78, 5) is 34.1. The van der Waals surface area contributed by atoms with Crippen LogP contribution in [0.25, 0.3) is 0 Å². The van der Waals surface area contributed by atoms with E-state index >= 15 is 0 Å². The maximum absolute atomic E-state index is 12.5. The Labute approximate surface area is 175 Å². The number of unbranched alkanes of at least 4 members (excludes halogenated alkanes) is 1. The number of nitrogen functional groups attached to an aromatic ring is 1. The molecule has 0 radical (unpaired) electrons. The number of fused-ring (bicyclic) bond motifs is 1. The fourth-order valence-electron chi connectivity index (χ4n) is 3.17. The van der Waals surface area contributed by atoms with Crippen molar-refractivity contribution in [2.75, 3.05) is 42.8 Å². The summed E-state index contributed by atoms with van der Waals surface area (Å²) in [6, 6.07) is 7.71. The van der Waals surface area contributed by atoms with Crippen LogP contribution in [0.4, 0.5) is 17.3 Å². The van der Waals surface area contributed by atoms with Crippen molar-refractivity contribution < 1.29 is 19.1 Å². The Kier molecular flexibility index (Phi) is 7.05. The van der Waals surface area contributed by atoms with Gasteiger partial charge in [0.2, 0.25) is 5.91 Å². The van der Waals surface area contributed by atoms with Crippen LogP contribution in [-0.2, 0) is 27.2 Å². The average Bonchev–Trinajstić information content (AvgIpc) is 3.04. The number of anilines is 3. The number of hydrogen-bond donors (Lipinski definition) is 2. The molecule has 1 aliphatic rings. The monoisotopic (exact) mass is 413 g/mol. The van der Waals surface area contributed by atoms with Crippen molar-refractivity contribution in [1.82, 2.24) is 9.97 Å². The molecule has 1 aromatic carbocycles. The van der Waals surface area contributed by atoms with Crippen LogP contribution < -0.4 is 20.7 Å². The zero-order valence-electron chi connectivity index (χ0n) is 17.3. The van der Waals surface area contributed by atoms with Crippen molar-refractivity contribution in [2.45, 2.75) is 32.6 Å². The first kappa shape index (κ1) is 21.4. The number of methoxy groups -OCH3 is 1. The maximum Gasteiger partial charge on any atom is 0.320 e. The highest BCUT2D eigenvalue weighted by atomic mass is 16.5. The van der Waals surface area contributed by atoms with Crippen molar-refractivity contribution in [3.8, 4) is 6.01 Å². The number of nitrogens with two attached hydrogens (primary N) is 1. The highest BCUT2D eigenvalue weighted by Crippen LogP contribution is 2.31. The standard InChI is InChI=1S/C21H27N5O4/c1-3-4-10-30-21-24-19(22)16-13-17(27)26(20(16)25-21)9-8-23-15-7-5-6-14(11-15)12-18(28)29-2/h5-7,11,23H,3-4,8-10,12-13H2,1-2H3,(H2,22,24,25). The van der Waals surface area contributed by atoms with Crippen molar-refractivity contribution in [1.29, 1.82) is 0 Å². The van der Waals surface area contributed by atoms with Crippen molar-refractivity contribution in [3.63, 3.8) is 0 Å². The first-order chi connectivity index (χ1) is 14.5. The molecule has 1 aromatic heterocycles. The number of esters is 1. The molecule has 0 unspecified atom stereocenters. The minimum absolute atomic E-state index is 0.0713. The van der Waals surface area contributed by atoms with Crippen LogP contribution in [0.15, 0.2) is 24.3 Å². The summed E-state index contributed by atoms with van der Waals surface area (Å²) in [6.07, 6.45) is 2.28. The number of nitrogens with zero attached hydrogens (tertiary/aromatic N) is 3. The second kappa shape index (κ2) is 9.91. The molecule has 160 valence electrons. The summed E-state index contributed by atoms with van der Waals surface area (Å²) < 4.78 is 10.3. The topological polar surface area (TPSA) is 120 Å². The highest BCUT2D eigenvalue weighted by molar-refractivity contribution is 6.01. The number of carbonyl (C=O) groups is 2. The number of rotatable bonds is 10. The Morgan fingerprint density at radius 3 is 2.93 bits per heavy atom. The zero-order chi connectivity index (χ0) is 21.5. The molecule has 0 saturated heterocycles. The normalized spacial score (nSPS) is 12.6. The predicted molar refractivity (Wildman–Crippen MR) is 114 cm³/mol. The van der Waals surface area contributed by atoms with Gasteiger partial charge in [0.15, 0.2) is 0 Å². The molecule has 9 heteroatoms. The SMILES string of the molecule is CCCCOc1nc(N)c2c(n1)N(CCNc1cccc(CC(=O)OC)c1)C(=O)C2. The summed E-state index contributed by atoms with van der Waals surface area (Å²) >= 11 is 0. The van der Waals surface area contributed by atoms with E-state index in [1.165, 1.54) is 7.11 Å². The quantitative estimate of drug-likeness (QED) is 0.448. The van der Waals surface area contributed by atoms with Crippen molar-refractivity contribution in [2.24, 2.45) is 0 Å². The molecule has 0 aliphatic carbocycles. The molecule has 0 saturated carbocycles. The average molecular weight is 413 g/mol. The summed E-state index contributed by atoms with van der Waals surface area (Å²) in [5.74, 6) is 0.435. The van der Waals surface area contributed by atoms with Crippen LogP contribution >= 0.6 is 0 Å². The fraction of sp³-hybridized carbons (Fsp3) is 0.429. The largest absolute Gasteiger partial charge is 0.469 e. The number of ether oxygens (including phenoxy) is 2. The van der Waals surface area contributed by atoms with E-state index in [9.17, 15) is 9.59 Å². The van der Waals surface area contributed by atoms with Gasteiger partial charge in [-0.05, 0) is 24.1 Å². The zero-order valence-corrected chi connectivity index (χ0v) is 17.3. The molecule has 9 nitrogen and oxygen atoms in total. The molecule has 1 aliphatic heterocycles. The molecular weight excluding hydrogens is 386 g/mol. The van der Waals surface area contributed by atoms with Gasteiger partial charge in [-0.1, -0.05) is 25.5 Å². The van der Waals surface area contributed by atoms with Crippen LogP contribution in [0.5, 0.6) is 6.01 Å². The van der Waals surface area contributed by atoms with E-state index in [2.05, 4.69) is 22.2 Å². The Morgan fingerprint density at radius 1 is 1.33 bits per heavy atom. The molecule has 2 heterocycles. The summed E-state index contributed by atoms with van der Waals surface area (Å²) in [7, 11) is 1.37. The van der Waals surface area contributed by atoms with Crippen LogP contribution in [0.2, 0.25) is 0 Å². The lowest BCUT2D eigenvalue weighted by molar-refractivity contribution is -0.139. The number of carbonyl (C=O) groups excluding carboxylic acids is 2. The lowest BCUT2D eigenvalue weighted by atomic mass is 10.1. The Bertz CT molecular complexity index is 918. The van der Waals surface area contributed by atoms with E-state index in [0.717, 1.165) is 24.1 Å². The smallest absolute Gasteiger partial charge is 0.320 e. The van der Waals surface area contributed by atoms with Gasteiger partial charge < -0.3 is 20.5 Å². The number of nitrogens with one attached hydrogen (secondary N) is 1. The maximum atomic E-state index is 12.5. The molecular formula is C21H27N5O4. The second-order valence-electron chi connectivity index (χ2n) is 7.00. The third-order valence-corrected chi connectivity index (χ3v) is 4.78. The minimum Gasteiger partial charge on any atom is -0.469 e. The lowest BCUT2D eigenvalue weighted by Crippen LogP contribution is -2.32. The van der Waals surface area contributed by atoms with E-state index in [-0.39, 0.29) is 36.5 Å². The molecule has 0 spiro atoms. The third kappa shape index (κ3) is 5.16. The number of hydrogen-bond acceptors (Lipinski definition) is 8. The van der Waals surface area contributed by atoms with E-state index < -0.39 is 0 Å². The number of benzene rings is 1.